The van der Waals surface area contributed by atoms with Gasteiger partial charge in [-0.25, -0.2) is 9.18 Å². The average Bonchev–Trinajstić information content (AvgIpc) is 2.91. The molecule has 0 saturated carbocycles. The molecule has 1 amide bonds. The molecule has 1 heterocycles. The third kappa shape index (κ3) is 3.77. The molecule has 8 nitrogen and oxygen atoms in total. The van der Waals surface area contributed by atoms with E-state index in [1.54, 1.807) is 0 Å². The molecule has 26 heavy (non-hydrogen) atoms. The Morgan fingerprint density at radius 2 is 1.96 bits per heavy atom. The van der Waals surface area contributed by atoms with Crippen LogP contribution in [0.15, 0.2) is 51.7 Å². The molecule has 0 fully saturated rings. The zero-order chi connectivity index (χ0) is 18.7. The number of carbonyl (C=O) groups is 1. The molecule has 0 bridgehead atoms. The highest BCUT2D eigenvalue weighted by atomic mass is 19.1. The minimum absolute atomic E-state index is 0.125. The van der Waals surface area contributed by atoms with Gasteiger partial charge in [-0.15, -0.1) is 0 Å². The number of carbonyl (C=O) groups excluding carboxylic acids is 1. The number of amides is 1. The fraction of sp³-hybridized carbons (Fsp3) is 0.176. The lowest BCUT2D eigenvalue weighted by atomic mass is 10.2. The van der Waals surface area contributed by atoms with Crippen molar-refractivity contribution in [2.24, 2.45) is 0 Å². The van der Waals surface area contributed by atoms with Crippen LogP contribution in [0.2, 0.25) is 0 Å². The summed E-state index contributed by atoms with van der Waals surface area (Å²) >= 11 is 0. The minimum Gasteiger partial charge on any atom is -0.407 e. The molecule has 0 aliphatic rings. The molecule has 0 saturated heterocycles. The lowest BCUT2D eigenvalue weighted by Crippen LogP contribution is -2.17. The number of benzene rings is 2. The Hall–Kier alpha value is -3.49. The number of aryl methyl sites for hydroxylation is 1. The van der Waals surface area contributed by atoms with Gasteiger partial charge in [0, 0.05) is 24.7 Å². The second kappa shape index (κ2) is 7.18. The lowest BCUT2D eigenvalue weighted by molar-refractivity contribution is -0.384. The smallest absolute Gasteiger partial charge is 0.407 e. The SMILES string of the molecule is O=C(CCCn1c(=O)oc2cc([N+](=O)[O-])ccc21)Nc1ccc(F)cc1. The van der Waals surface area contributed by atoms with Crippen LogP contribution in [-0.2, 0) is 11.3 Å². The Kier molecular flexibility index (Phi) is 4.78. The monoisotopic (exact) mass is 359 g/mol. The van der Waals surface area contributed by atoms with Gasteiger partial charge in [0.25, 0.3) is 5.69 Å². The van der Waals surface area contributed by atoms with Gasteiger partial charge < -0.3 is 9.73 Å². The Morgan fingerprint density at radius 1 is 1.23 bits per heavy atom. The first-order chi connectivity index (χ1) is 12.4. The Morgan fingerprint density at radius 3 is 2.65 bits per heavy atom. The van der Waals surface area contributed by atoms with Crippen molar-refractivity contribution in [2.45, 2.75) is 19.4 Å². The maximum atomic E-state index is 12.8. The van der Waals surface area contributed by atoms with Crippen LogP contribution < -0.4 is 11.1 Å². The van der Waals surface area contributed by atoms with Gasteiger partial charge in [-0.1, -0.05) is 0 Å². The lowest BCUT2D eigenvalue weighted by Gasteiger charge is -2.05. The van der Waals surface area contributed by atoms with E-state index in [1.165, 1.54) is 47.0 Å². The second-order valence-corrected chi connectivity index (χ2v) is 5.59. The number of fused-ring (bicyclic) bond motifs is 1. The number of halogens is 1. The fourth-order valence-electron chi connectivity index (χ4n) is 2.53. The summed E-state index contributed by atoms with van der Waals surface area (Å²) in [6, 6.07) is 9.31. The topological polar surface area (TPSA) is 107 Å². The maximum absolute atomic E-state index is 12.8. The van der Waals surface area contributed by atoms with Crippen molar-refractivity contribution < 1.29 is 18.5 Å². The van der Waals surface area contributed by atoms with Gasteiger partial charge in [0.15, 0.2) is 5.58 Å². The summed E-state index contributed by atoms with van der Waals surface area (Å²) in [5.41, 5.74) is 0.867. The van der Waals surface area contributed by atoms with Crippen LogP contribution >= 0.6 is 0 Å². The molecule has 1 N–H and O–H groups in total. The first-order valence-electron chi connectivity index (χ1n) is 7.77. The van der Waals surface area contributed by atoms with Crippen LogP contribution in [0.4, 0.5) is 15.8 Å². The van der Waals surface area contributed by atoms with E-state index in [9.17, 15) is 24.1 Å². The van der Waals surface area contributed by atoms with Crippen molar-refractivity contribution in [3.63, 3.8) is 0 Å². The summed E-state index contributed by atoms with van der Waals surface area (Å²) < 4.78 is 19.2. The molecule has 3 rings (SSSR count). The Balaban J connectivity index is 1.63. The molecule has 3 aromatic rings. The predicted molar refractivity (Wildman–Crippen MR) is 91.4 cm³/mol. The van der Waals surface area contributed by atoms with Gasteiger partial charge in [-0.3, -0.25) is 19.5 Å². The van der Waals surface area contributed by atoms with Crippen molar-refractivity contribution in [2.75, 3.05) is 5.32 Å². The van der Waals surface area contributed by atoms with E-state index in [0.29, 0.717) is 17.6 Å². The first-order valence-corrected chi connectivity index (χ1v) is 7.77. The molecule has 0 aliphatic heterocycles. The van der Waals surface area contributed by atoms with Gasteiger partial charge in [0.1, 0.15) is 5.82 Å². The number of aromatic nitrogens is 1. The number of nitrogens with zero attached hydrogens (tertiary/aromatic N) is 2. The van der Waals surface area contributed by atoms with Crippen LogP contribution in [0.5, 0.6) is 0 Å². The molecule has 0 atom stereocenters. The highest BCUT2D eigenvalue weighted by Gasteiger charge is 2.14. The number of nitro benzene ring substituents is 1. The highest BCUT2D eigenvalue weighted by molar-refractivity contribution is 5.90. The molecule has 0 unspecified atom stereocenters. The van der Waals surface area contributed by atoms with E-state index in [2.05, 4.69) is 5.32 Å². The van der Waals surface area contributed by atoms with E-state index < -0.39 is 16.5 Å². The number of hydrogen-bond acceptors (Lipinski definition) is 5. The van der Waals surface area contributed by atoms with Crippen LogP contribution in [0.3, 0.4) is 0 Å². The number of oxazole rings is 1. The quantitative estimate of drug-likeness (QED) is 0.537. The fourth-order valence-corrected chi connectivity index (χ4v) is 2.53. The van der Waals surface area contributed by atoms with Crippen molar-refractivity contribution in [3.05, 3.63) is 68.9 Å². The van der Waals surface area contributed by atoms with Gasteiger partial charge in [-0.05, 0) is 36.8 Å². The van der Waals surface area contributed by atoms with E-state index in [1.807, 2.05) is 0 Å². The first kappa shape index (κ1) is 17.3. The van der Waals surface area contributed by atoms with Crippen molar-refractivity contribution >= 4 is 28.4 Å². The normalized spacial score (nSPS) is 10.8. The van der Waals surface area contributed by atoms with E-state index in [0.717, 1.165) is 0 Å². The van der Waals surface area contributed by atoms with Gasteiger partial charge >= 0.3 is 5.76 Å². The standard InChI is InChI=1S/C17H14FN3O5/c18-11-3-5-12(6-4-11)19-16(22)2-1-9-20-14-8-7-13(21(24)25)10-15(14)26-17(20)23/h3-8,10H,1-2,9H2,(H,19,22). The van der Waals surface area contributed by atoms with Crippen LogP contribution in [0.25, 0.3) is 11.1 Å². The predicted octanol–water partition coefficient (Wildman–Crippen LogP) is 3.06. The van der Waals surface area contributed by atoms with Crippen molar-refractivity contribution in [1.82, 2.24) is 4.57 Å². The molecular weight excluding hydrogens is 345 g/mol. The van der Waals surface area contributed by atoms with Crippen molar-refractivity contribution in [3.8, 4) is 0 Å². The summed E-state index contributed by atoms with van der Waals surface area (Å²) in [7, 11) is 0. The number of non-ortho nitro benzene ring substituents is 1. The third-order valence-electron chi connectivity index (χ3n) is 3.78. The van der Waals surface area contributed by atoms with Gasteiger partial charge in [0.05, 0.1) is 16.5 Å². The number of nitro groups is 1. The molecule has 2 aromatic carbocycles. The minimum atomic E-state index is -0.639. The zero-order valence-corrected chi connectivity index (χ0v) is 13.5. The van der Waals surface area contributed by atoms with Crippen LogP contribution in [0, 0.1) is 15.9 Å². The number of nitrogens with one attached hydrogen (secondary N) is 1. The maximum Gasteiger partial charge on any atom is 0.419 e. The molecule has 1 aromatic heterocycles. The highest BCUT2D eigenvalue weighted by Crippen LogP contribution is 2.20. The molecule has 0 aliphatic carbocycles. The zero-order valence-electron chi connectivity index (χ0n) is 13.5. The average molecular weight is 359 g/mol. The number of anilines is 1. The Bertz CT molecular complexity index is 1020. The van der Waals surface area contributed by atoms with E-state index in [4.69, 9.17) is 4.42 Å². The second-order valence-electron chi connectivity index (χ2n) is 5.59. The van der Waals surface area contributed by atoms with Crippen LogP contribution in [-0.4, -0.2) is 15.4 Å². The number of hydrogen-bond donors (Lipinski definition) is 1. The molecular formula is C17H14FN3O5. The largest absolute Gasteiger partial charge is 0.419 e. The summed E-state index contributed by atoms with van der Waals surface area (Å²) in [6.07, 6.45) is 0.502. The third-order valence-corrected chi connectivity index (χ3v) is 3.78. The molecule has 9 heteroatoms. The Labute approximate surface area is 146 Å². The summed E-state index contributed by atoms with van der Waals surface area (Å²) in [4.78, 5) is 34.0. The van der Waals surface area contributed by atoms with E-state index in [-0.39, 0.29) is 30.1 Å². The summed E-state index contributed by atoms with van der Waals surface area (Å²) in [5.74, 6) is -1.30. The molecule has 0 radical (unpaired) electrons. The summed E-state index contributed by atoms with van der Waals surface area (Å²) in [5, 5.41) is 13.4. The summed E-state index contributed by atoms with van der Waals surface area (Å²) in [6.45, 7) is 0.223. The van der Waals surface area contributed by atoms with Crippen LogP contribution in [0.1, 0.15) is 12.8 Å². The van der Waals surface area contributed by atoms with E-state index >= 15 is 0 Å². The molecule has 134 valence electrons. The van der Waals surface area contributed by atoms with Gasteiger partial charge in [0.2, 0.25) is 5.91 Å². The van der Waals surface area contributed by atoms with Gasteiger partial charge in [-0.2, -0.15) is 0 Å². The molecule has 0 spiro atoms. The number of rotatable bonds is 6. The van der Waals surface area contributed by atoms with Crippen molar-refractivity contribution in [1.29, 1.82) is 0 Å².